The van der Waals surface area contributed by atoms with Crippen molar-refractivity contribution in [2.45, 2.75) is 25.4 Å². The molecule has 0 spiro atoms. The fraction of sp³-hybridized carbons (Fsp3) is 0.444. The number of hydrogen-bond acceptors (Lipinski definition) is 7. The van der Waals surface area contributed by atoms with Gasteiger partial charge in [0.15, 0.2) is 6.10 Å². The number of rotatable bonds is 13. The van der Waals surface area contributed by atoms with Gasteiger partial charge in [0.05, 0.1) is 37.3 Å². The van der Waals surface area contributed by atoms with Gasteiger partial charge in [0.1, 0.15) is 5.76 Å². The van der Waals surface area contributed by atoms with Crippen LogP contribution in [0.2, 0.25) is 0 Å². The van der Waals surface area contributed by atoms with Gasteiger partial charge in [0, 0.05) is 19.4 Å². The fourth-order valence-electron chi connectivity index (χ4n) is 2.71. The molecule has 1 aromatic rings. The van der Waals surface area contributed by atoms with Crippen molar-refractivity contribution in [2.75, 3.05) is 26.4 Å². The highest BCUT2D eigenvalue weighted by atomic mass is 31.2. The lowest BCUT2D eigenvalue weighted by atomic mass is 9.98. The maximum Gasteiger partial charge on any atom is 0.469 e. The summed E-state index contributed by atoms with van der Waals surface area (Å²) in [5, 5.41) is 0. The van der Waals surface area contributed by atoms with Crippen molar-refractivity contribution in [1.29, 1.82) is 0 Å². The average molecular weight is 505 g/mol. The number of phosphoric ester groups is 2. The number of hydrogen-bond donors (Lipinski definition) is 4. The summed E-state index contributed by atoms with van der Waals surface area (Å²) in [6, 6.07) is 9.01. The molecule has 0 amide bonds. The van der Waals surface area contributed by atoms with Gasteiger partial charge in [-0.15, -0.1) is 0 Å². The second kappa shape index (κ2) is 13.0. The molecule has 0 aliphatic heterocycles. The number of para-hydroxylation sites is 1. The maximum atomic E-state index is 10.7. The molecule has 2 rings (SSSR count). The lowest BCUT2D eigenvalue weighted by molar-refractivity contribution is -0.0294. The van der Waals surface area contributed by atoms with E-state index in [2.05, 4.69) is 18.8 Å². The van der Waals surface area contributed by atoms with Crippen molar-refractivity contribution < 1.29 is 52.0 Å². The first kappa shape index (κ1) is 27.2. The quantitative estimate of drug-likeness (QED) is 0.133. The third kappa shape index (κ3) is 11.1. The summed E-state index contributed by atoms with van der Waals surface area (Å²) in [6.45, 7) is -0.295. The summed E-state index contributed by atoms with van der Waals surface area (Å²) in [5.74, 6) is 0.299. The summed E-state index contributed by atoms with van der Waals surface area (Å²) >= 11 is 0. The highest BCUT2D eigenvalue weighted by molar-refractivity contribution is 7.46. The summed E-state index contributed by atoms with van der Waals surface area (Å²) in [4.78, 5) is 42.7. The Morgan fingerprint density at radius 1 is 0.970 bits per heavy atom. The van der Waals surface area contributed by atoms with Gasteiger partial charge in [-0.25, -0.2) is 14.1 Å². The summed E-state index contributed by atoms with van der Waals surface area (Å²) in [7, 11) is -9.11. The molecule has 1 aliphatic rings. The molecule has 13 nitrogen and oxygen atoms in total. The molecule has 0 aromatic heterocycles. The third-order valence-electron chi connectivity index (χ3n) is 4.08. The molecule has 0 heterocycles. The van der Waals surface area contributed by atoms with E-state index in [1.807, 2.05) is 18.2 Å². The van der Waals surface area contributed by atoms with Crippen LogP contribution in [-0.4, -0.2) is 68.3 Å². The van der Waals surface area contributed by atoms with Gasteiger partial charge < -0.3 is 34.6 Å². The predicted octanol–water partition coefficient (Wildman–Crippen LogP) is 2.12. The lowest BCUT2D eigenvalue weighted by Gasteiger charge is -2.21. The van der Waals surface area contributed by atoms with Crippen LogP contribution in [0.4, 0.5) is 5.69 Å². The van der Waals surface area contributed by atoms with Crippen LogP contribution in [0.1, 0.15) is 19.3 Å². The summed E-state index contributed by atoms with van der Waals surface area (Å²) in [5.41, 5.74) is 10.7. The minimum absolute atomic E-state index is 0.0591. The largest absolute Gasteiger partial charge is 0.491 e. The number of benzene rings is 1. The molecule has 0 saturated carbocycles. The van der Waals surface area contributed by atoms with Gasteiger partial charge in [-0.1, -0.05) is 18.2 Å². The van der Waals surface area contributed by atoms with E-state index in [-0.39, 0.29) is 51.4 Å². The SMILES string of the molecule is [N-]=[N+]=C1C=C(OCCCOP(=O)(O)O)C(=Nc2ccccc2)CC1OCCCOP(=O)(O)O. The number of nitrogens with zero attached hydrogens (tertiary/aromatic N) is 3. The zero-order chi connectivity index (χ0) is 24.3. The zero-order valence-corrected chi connectivity index (χ0v) is 19.3. The van der Waals surface area contributed by atoms with Gasteiger partial charge in [-0.05, 0) is 18.6 Å². The Balaban J connectivity index is 2.06. The summed E-state index contributed by atoms with van der Waals surface area (Å²) in [6.07, 6.45) is 1.30. The van der Waals surface area contributed by atoms with Gasteiger partial charge in [-0.3, -0.25) is 9.05 Å². The molecule has 1 aliphatic carbocycles. The summed E-state index contributed by atoms with van der Waals surface area (Å²) < 4.78 is 41.6. The molecule has 15 heteroatoms. The molecule has 0 saturated heterocycles. The molecule has 1 aromatic carbocycles. The molecule has 1 atom stereocenters. The van der Waals surface area contributed by atoms with E-state index in [0.29, 0.717) is 17.2 Å². The van der Waals surface area contributed by atoms with Gasteiger partial charge in [-0.2, -0.15) is 4.79 Å². The number of aliphatic imine (C=N–C) groups is 1. The van der Waals surface area contributed by atoms with Crippen molar-refractivity contribution in [2.24, 2.45) is 4.99 Å². The highest BCUT2D eigenvalue weighted by Crippen LogP contribution is 2.36. The molecular weight excluding hydrogens is 480 g/mol. The molecule has 4 N–H and O–H groups in total. The van der Waals surface area contributed by atoms with Gasteiger partial charge in [0.25, 0.3) is 0 Å². The maximum absolute atomic E-state index is 10.7. The molecule has 0 bridgehead atoms. The van der Waals surface area contributed by atoms with Gasteiger partial charge >= 0.3 is 21.4 Å². The lowest BCUT2D eigenvalue weighted by Crippen LogP contribution is -2.33. The Kier molecular flexibility index (Phi) is 10.7. The van der Waals surface area contributed by atoms with Crippen molar-refractivity contribution in [3.63, 3.8) is 0 Å². The smallest absolute Gasteiger partial charge is 0.469 e. The van der Waals surface area contributed by atoms with Crippen molar-refractivity contribution in [3.8, 4) is 0 Å². The molecule has 33 heavy (non-hydrogen) atoms. The first-order valence-corrected chi connectivity index (χ1v) is 12.8. The van der Waals surface area contributed by atoms with E-state index in [0.717, 1.165) is 0 Å². The average Bonchev–Trinajstić information content (AvgIpc) is 2.73. The van der Waals surface area contributed by atoms with E-state index >= 15 is 0 Å². The van der Waals surface area contributed by atoms with Crippen LogP contribution >= 0.6 is 15.6 Å². The van der Waals surface area contributed by atoms with Crippen molar-refractivity contribution in [3.05, 3.63) is 47.7 Å². The monoisotopic (exact) mass is 505 g/mol. The minimum Gasteiger partial charge on any atom is -0.491 e. The Bertz CT molecular complexity index is 982. The Morgan fingerprint density at radius 3 is 2.15 bits per heavy atom. The minimum atomic E-state index is -4.56. The van der Waals surface area contributed by atoms with Crippen LogP contribution in [0.3, 0.4) is 0 Å². The van der Waals surface area contributed by atoms with Crippen LogP contribution in [0, 0.1) is 0 Å². The number of phosphoric acid groups is 2. The first-order chi connectivity index (χ1) is 15.6. The fourth-order valence-corrected chi connectivity index (χ4v) is 3.44. The number of ether oxygens (including phenoxy) is 2. The van der Waals surface area contributed by atoms with E-state index < -0.39 is 21.7 Å². The Hall–Kier alpha value is -2.01. The highest BCUT2D eigenvalue weighted by Gasteiger charge is 2.33. The Labute approximate surface area is 189 Å². The topological polar surface area (TPSA) is 201 Å². The second-order valence-electron chi connectivity index (χ2n) is 6.69. The standard InChI is InChI=1S/C18H25N3O10P2/c19-21-16-13-17(28-8-4-10-30-32(22,23)24)15(20-14-6-2-1-3-7-14)12-18(16)29-9-5-11-31-33(25,26)27/h1-3,6-7,13,18H,4-5,8-12H2,(H2,22,23,24)(H2,25,26,27). The second-order valence-corrected chi connectivity index (χ2v) is 9.17. The van der Waals surface area contributed by atoms with Gasteiger partial charge in [0.2, 0.25) is 0 Å². The van der Waals surface area contributed by atoms with Crippen LogP contribution < -0.4 is 0 Å². The third-order valence-corrected chi connectivity index (χ3v) is 5.12. The predicted molar refractivity (Wildman–Crippen MR) is 116 cm³/mol. The molecule has 1 unspecified atom stereocenters. The van der Waals surface area contributed by atoms with Crippen LogP contribution in [-0.2, 0) is 27.7 Å². The zero-order valence-electron chi connectivity index (χ0n) is 17.5. The van der Waals surface area contributed by atoms with Crippen LogP contribution in [0.25, 0.3) is 5.53 Å². The van der Waals surface area contributed by atoms with Crippen LogP contribution in [0.5, 0.6) is 0 Å². The van der Waals surface area contributed by atoms with Crippen molar-refractivity contribution >= 4 is 32.8 Å². The van der Waals surface area contributed by atoms with E-state index in [9.17, 15) is 14.7 Å². The first-order valence-electron chi connectivity index (χ1n) is 9.78. The van der Waals surface area contributed by atoms with E-state index in [1.54, 1.807) is 12.1 Å². The Morgan fingerprint density at radius 2 is 1.58 bits per heavy atom. The van der Waals surface area contributed by atoms with E-state index in [1.165, 1.54) is 6.08 Å². The molecule has 0 radical (unpaired) electrons. The molecule has 182 valence electrons. The number of allylic oxidation sites excluding steroid dienone is 1. The molecular formula is C18H25N3O10P2. The van der Waals surface area contributed by atoms with Crippen molar-refractivity contribution in [1.82, 2.24) is 0 Å². The van der Waals surface area contributed by atoms with Crippen LogP contribution in [0.15, 0.2) is 47.2 Å². The van der Waals surface area contributed by atoms with E-state index in [4.69, 9.17) is 29.0 Å². The normalized spacial score (nSPS) is 18.2. The molecule has 0 fully saturated rings.